The van der Waals surface area contributed by atoms with E-state index in [9.17, 15) is 0 Å². The Hall–Kier alpha value is -1.64. The maximum Gasteiger partial charge on any atom is 0.144 e. The number of hydrogen-bond donors (Lipinski definition) is 0. The van der Waals surface area contributed by atoms with Crippen molar-refractivity contribution in [3.8, 4) is 9.75 Å². The lowest BCUT2D eigenvalue weighted by Gasteiger charge is -2.48. The molecule has 0 spiro atoms. The summed E-state index contributed by atoms with van der Waals surface area (Å²) in [6.45, 7) is 13.8. The quantitative estimate of drug-likeness (QED) is 0.0365. The number of carbonyl (C=O) groups excluding carboxylic acids is 2. The molecule has 2 nitrogen and oxygen atoms in total. The van der Waals surface area contributed by atoms with Crippen LogP contribution >= 0.6 is 56.7 Å². The van der Waals surface area contributed by atoms with Gasteiger partial charge in [-0.15, -0.1) is 56.7 Å². The lowest BCUT2D eigenvalue weighted by Crippen LogP contribution is -2.47. The predicted molar refractivity (Wildman–Crippen MR) is 363 cm³/mol. The molecule has 0 radical (unpaired) electrons. The molecule has 5 heterocycles. The minimum absolute atomic E-state index is 0.0111. The summed E-state index contributed by atoms with van der Waals surface area (Å²) in [5.74, 6) is 3.84. The number of rotatable bonds is 43. The van der Waals surface area contributed by atoms with Gasteiger partial charge in [0.15, 0.2) is 0 Å². The molecule has 81 heavy (non-hydrogen) atoms. The van der Waals surface area contributed by atoms with Gasteiger partial charge in [0.1, 0.15) is 11.6 Å². The van der Waals surface area contributed by atoms with Gasteiger partial charge >= 0.3 is 0 Å². The zero-order valence-electron chi connectivity index (χ0n) is 52.4. The maximum absolute atomic E-state index is 16.2. The normalized spacial score (nSPS) is 22.7. The van der Waals surface area contributed by atoms with Gasteiger partial charge in [-0.1, -0.05) is 259 Å². The van der Waals surface area contributed by atoms with Crippen molar-refractivity contribution < 1.29 is 9.59 Å². The van der Waals surface area contributed by atoms with Gasteiger partial charge in [-0.3, -0.25) is 9.59 Å². The highest BCUT2D eigenvalue weighted by molar-refractivity contribution is 7.31. The molecule has 0 aromatic carbocycles. The molecule has 7 heteroatoms. The third-order valence-electron chi connectivity index (χ3n) is 20.6. The largest absolute Gasteiger partial charge is 0.299 e. The van der Waals surface area contributed by atoms with Crippen molar-refractivity contribution >= 4 is 87.1 Å². The van der Waals surface area contributed by atoms with Gasteiger partial charge in [0, 0.05) is 59.9 Å². The SMILES string of the molecule is CCCCCCCCCCCCC(CCCCCCCC)CC1C2CC(c3cc4sc(-c5ccc(C)s5)cc4s3)C(=O)C2C(CC(CCCCCCCC)CCCCCCCCCCCC)C2CC(c3cc4sc(C)cc4s3)C(=O)C21. The summed E-state index contributed by atoms with van der Waals surface area (Å²) in [4.78, 5) is 40.4. The summed E-state index contributed by atoms with van der Waals surface area (Å²) in [6, 6.07) is 14.2. The molecule has 0 bridgehead atoms. The van der Waals surface area contributed by atoms with Crippen molar-refractivity contribution in [1.82, 2.24) is 0 Å². The van der Waals surface area contributed by atoms with Crippen LogP contribution in [0, 0.1) is 61.2 Å². The Balaban J connectivity index is 1.09. The van der Waals surface area contributed by atoms with E-state index in [0.717, 1.165) is 12.8 Å². The summed E-state index contributed by atoms with van der Waals surface area (Å²) >= 11 is 9.60. The van der Waals surface area contributed by atoms with Crippen LogP contribution in [0.1, 0.15) is 316 Å². The van der Waals surface area contributed by atoms with E-state index in [1.54, 1.807) is 0 Å². The van der Waals surface area contributed by atoms with Gasteiger partial charge in [-0.2, -0.15) is 0 Å². The third kappa shape index (κ3) is 18.9. The van der Waals surface area contributed by atoms with Crippen LogP contribution in [0.5, 0.6) is 0 Å². The lowest BCUT2D eigenvalue weighted by molar-refractivity contribution is -0.135. The second-order valence-electron chi connectivity index (χ2n) is 27.0. The number of thiophene rings is 5. The topological polar surface area (TPSA) is 34.1 Å². The van der Waals surface area contributed by atoms with Crippen LogP contribution in [0.15, 0.2) is 36.4 Å². The second-order valence-corrected chi connectivity index (χ2v) is 32.9. The molecular formula is C74H114O2S5. The summed E-state index contributed by atoms with van der Waals surface area (Å²) in [6.07, 6.45) is 53.2. The van der Waals surface area contributed by atoms with Crippen LogP contribution in [0.4, 0.5) is 0 Å². The van der Waals surface area contributed by atoms with Gasteiger partial charge in [0.05, 0.1) is 11.8 Å². The van der Waals surface area contributed by atoms with Crippen LogP contribution in [0.25, 0.3) is 28.6 Å². The van der Waals surface area contributed by atoms with E-state index in [1.165, 1.54) is 292 Å². The van der Waals surface area contributed by atoms with Crippen molar-refractivity contribution in [3.63, 3.8) is 0 Å². The fraction of sp³-hybridized carbons (Fsp3) is 0.757. The van der Waals surface area contributed by atoms with Crippen molar-refractivity contribution in [1.29, 1.82) is 0 Å². The molecule has 3 aliphatic carbocycles. The highest BCUT2D eigenvalue weighted by atomic mass is 32.1. The molecule has 8 rings (SSSR count). The Morgan fingerprint density at radius 3 is 1.06 bits per heavy atom. The van der Waals surface area contributed by atoms with Crippen LogP contribution < -0.4 is 0 Å². The Morgan fingerprint density at radius 1 is 0.370 bits per heavy atom. The smallest absolute Gasteiger partial charge is 0.144 e. The fourth-order valence-electron chi connectivity index (χ4n) is 16.2. The molecule has 0 aliphatic heterocycles. The molecule has 452 valence electrons. The first-order valence-electron chi connectivity index (χ1n) is 34.9. The molecule has 0 N–H and O–H groups in total. The zero-order chi connectivity index (χ0) is 56.8. The molecule has 5 aromatic rings. The van der Waals surface area contributed by atoms with Gasteiger partial charge in [0.25, 0.3) is 0 Å². The van der Waals surface area contributed by atoms with Crippen LogP contribution in [-0.2, 0) is 9.59 Å². The molecule has 10 unspecified atom stereocenters. The molecule has 0 saturated heterocycles. The van der Waals surface area contributed by atoms with E-state index in [2.05, 4.69) is 77.9 Å². The van der Waals surface area contributed by atoms with Gasteiger partial charge in [0.2, 0.25) is 0 Å². The third-order valence-corrected chi connectivity index (χ3v) is 26.6. The number of hydrogen-bond acceptors (Lipinski definition) is 7. The minimum atomic E-state index is -0.0305. The number of unbranched alkanes of at least 4 members (excludes halogenated alkanes) is 28. The van der Waals surface area contributed by atoms with Crippen molar-refractivity contribution in [3.05, 3.63) is 55.9 Å². The van der Waals surface area contributed by atoms with E-state index in [4.69, 9.17) is 0 Å². The Bertz CT molecular complexity index is 2440. The number of fused-ring (bicyclic) bond motifs is 4. The fourth-order valence-corrected chi connectivity index (χ4v) is 22.2. The van der Waals surface area contributed by atoms with E-state index in [0.29, 0.717) is 47.1 Å². The average Bonchev–Trinajstić information content (AvgIpc) is 4.35. The molecular weight excluding hydrogens is 1080 g/mol. The molecule has 3 aliphatic rings. The summed E-state index contributed by atoms with van der Waals surface area (Å²) in [5, 5.41) is 0. The Morgan fingerprint density at radius 2 is 0.716 bits per heavy atom. The zero-order valence-corrected chi connectivity index (χ0v) is 56.5. The van der Waals surface area contributed by atoms with Crippen LogP contribution in [-0.4, -0.2) is 11.6 Å². The van der Waals surface area contributed by atoms with Gasteiger partial charge < -0.3 is 0 Å². The average molecular weight is 1200 g/mol. The number of Topliss-reactive ketones (excluding diaryl/α,β-unsaturated/α-hetero) is 2. The summed E-state index contributed by atoms with van der Waals surface area (Å²) in [7, 11) is 0. The first-order chi connectivity index (χ1) is 39.7. The van der Waals surface area contributed by atoms with E-state index in [1.807, 2.05) is 56.7 Å². The summed E-state index contributed by atoms with van der Waals surface area (Å²) < 4.78 is 5.47. The standard InChI is InChI=1S/C74H114O2S5/c1-7-11-15-19-23-25-27-29-33-37-41-55(39-35-31-21-17-13-9-3)46-57-59-48-61(64-50-68-66(79-64)45-54(6)78-68)73(75)71(59)58(47-56(40-36-32-22-18-14-10-4)42-38-34-30-28-26-24-20-16-12-8-2)60-49-62(74(76)72(57)60)65-51-69-70(80-65)52-67(81-69)63-44-43-53(5)77-63/h43-45,50-52,55-62,71-72H,7-42,46-49H2,1-6H3. The maximum atomic E-state index is 16.2. The van der Waals surface area contributed by atoms with Crippen LogP contribution in [0.3, 0.4) is 0 Å². The Kier molecular flexibility index (Phi) is 28.4. The van der Waals surface area contributed by atoms with E-state index < -0.39 is 0 Å². The number of aryl methyl sites for hydroxylation is 2. The van der Waals surface area contributed by atoms with E-state index in [-0.39, 0.29) is 23.7 Å². The molecule has 3 fully saturated rings. The highest BCUT2D eigenvalue weighted by Crippen LogP contribution is 2.64. The highest BCUT2D eigenvalue weighted by Gasteiger charge is 2.63. The van der Waals surface area contributed by atoms with Crippen molar-refractivity contribution in [2.24, 2.45) is 47.3 Å². The van der Waals surface area contributed by atoms with Crippen molar-refractivity contribution in [2.45, 2.75) is 310 Å². The second kappa shape index (κ2) is 35.2. The molecule has 0 amide bonds. The molecule has 5 aromatic heterocycles. The Labute approximate surface area is 516 Å². The minimum Gasteiger partial charge on any atom is -0.299 e. The van der Waals surface area contributed by atoms with Crippen LogP contribution in [0.2, 0.25) is 0 Å². The lowest BCUT2D eigenvalue weighted by atomic mass is 9.55. The first-order valence-corrected chi connectivity index (χ1v) is 39.0. The monoisotopic (exact) mass is 1190 g/mol. The van der Waals surface area contributed by atoms with Gasteiger partial charge in [-0.05, 0) is 111 Å². The summed E-state index contributed by atoms with van der Waals surface area (Å²) in [5.41, 5.74) is 0. The predicted octanol–water partition coefficient (Wildman–Crippen LogP) is 26.2. The first kappa shape index (κ1) is 65.3. The van der Waals surface area contributed by atoms with Crippen molar-refractivity contribution in [2.75, 3.05) is 0 Å². The van der Waals surface area contributed by atoms with E-state index >= 15 is 9.59 Å². The molecule has 10 atom stereocenters. The van der Waals surface area contributed by atoms with Gasteiger partial charge in [-0.25, -0.2) is 0 Å². The number of carbonyl (C=O) groups is 2. The number of ketones is 2. The molecule has 3 saturated carbocycles.